The van der Waals surface area contributed by atoms with Gasteiger partial charge in [0.2, 0.25) is 5.91 Å². The lowest BCUT2D eigenvalue weighted by Crippen LogP contribution is -2.39. The van der Waals surface area contributed by atoms with Crippen LogP contribution in [0.3, 0.4) is 0 Å². The highest BCUT2D eigenvalue weighted by Gasteiger charge is 2.21. The molecule has 0 saturated carbocycles. The molecule has 1 aliphatic heterocycles. The van der Waals surface area contributed by atoms with Crippen molar-refractivity contribution >= 4 is 11.6 Å². The van der Waals surface area contributed by atoms with Gasteiger partial charge in [0.25, 0.3) is 0 Å². The molecule has 0 aromatic heterocycles. The molecule has 0 aliphatic carbocycles. The summed E-state index contributed by atoms with van der Waals surface area (Å²) in [6.45, 7) is 5.99. The summed E-state index contributed by atoms with van der Waals surface area (Å²) in [6, 6.07) is 9.58. The average Bonchev–Trinajstić information content (AvgIpc) is 2.79. The molecular weight excluding hydrogens is 290 g/mol. The van der Waals surface area contributed by atoms with Gasteiger partial charge in [0.1, 0.15) is 12.1 Å². The Morgan fingerprint density at radius 2 is 1.87 bits per heavy atom. The summed E-state index contributed by atoms with van der Waals surface area (Å²) in [6.07, 6.45) is 0.893. The van der Waals surface area contributed by atoms with Crippen LogP contribution in [0.4, 0.5) is 5.69 Å². The van der Waals surface area contributed by atoms with Crippen molar-refractivity contribution in [2.75, 3.05) is 44.2 Å². The van der Waals surface area contributed by atoms with E-state index in [0.29, 0.717) is 30.8 Å². The van der Waals surface area contributed by atoms with Gasteiger partial charge in [-0.2, -0.15) is 10.5 Å². The van der Waals surface area contributed by atoms with Gasteiger partial charge in [-0.05, 0) is 25.5 Å². The Balaban J connectivity index is 2.11. The Morgan fingerprint density at radius 1 is 1.17 bits per heavy atom. The number of anilines is 1. The second-order valence-corrected chi connectivity index (χ2v) is 5.50. The molecule has 1 fully saturated rings. The van der Waals surface area contributed by atoms with E-state index in [-0.39, 0.29) is 5.91 Å². The van der Waals surface area contributed by atoms with E-state index in [1.807, 2.05) is 6.92 Å². The summed E-state index contributed by atoms with van der Waals surface area (Å²) in [5.74, 6) is 0.0380. The second-order valence-electron chi connectivity index (χ2n) is 5.50. The Bertz CT molecular complexity index is 611. The summed E-state index contributed by atoms with van der Waals surface area (Å²) in [5, 5.41) is 21.5. The number of nitriles is 2. The number of carbonyl (C=O) groups is 1. The molecule has 0 unspecified atom stereocenters. The predicted octanol–water partition coefficient (Wildman–Crippen LogP) is 1.08. The van der Waals surface area contributed by atoms with Crippen LogP contribution in [-0.2, 0) is 4.79 Å². The van der Waals surface area contributed by atoms with Crippen molar-refractivity contribution in [3.8, 4) is 12.1 Å². The lowest BCUT2D eigenvalue weighted by atomic mass is 10.1. The van der Waals surface area contributed by atoms with Gasteiger partial charge < -0.3 is 10.2 Å². The quantitative estimate of drug-likeness (QED) is 0.899. The van der Waals surface area contributed by atoms with Crippen LogP contribution in [0.1, 0.15) is 24.5 Å². The number of rotatable bonds is 4. The Labute approximate surface area is 136 Å². The van der Waals surface area contributed by atoms with Crippen LogP contribution in [0, 0.1) is 22.7 Å². The van der Waals surface area contributed by atoms with E-state index in [0.717, 1.165) is 31.7 Å². The summed E-state index contributed by atoms with van der Waals surface area (Å²) >= 11 is 0. The molecule has 1 aromatic rings. The van der Waals surface area contributed by atoms with Crippen LogP contribution in [0.25, 0.3) is 0 Å². The fourth-order valence-corrected chi connectivity index (χ4v) is 2.87. The van der Waals surface area contributed by atoms with Crippen LogP contribution < -0.4 is 10.2 Å². The molecule has 1 N–H and O–H groups in total. The molecule has 23 heavy (non-hydrogen) atoms. The second kappa shape index (κ2) is 8.17. The van der Waals surface area contributed by atoms with Crippen LogP contribution in [0.2, 0.25) is 0 Å². The van der Waals surface area contributed by atoms with E-state index in [1.54, 1.807) is 18.2 Å². The molecule has 1 amide bonds. The van der Waals surface area contributed by atoms with Gasteiger partial charge in [0.05, 0.1) is 23.4 Å². The highest BCUT2D eigenvalue weighted by atomic mass is 16.2. The molecule has 0 spiro atoms. The predicted molar refractivity (Wildman–Crippen MR) is 87.8 cm³/mol. The Morgan fingerprint density at radius 3 is 2.48 bits per heavy atom. The molecule has 0 atom stereocenters. The third-order valence-corrected chi connectivity index (χ3v) is 3.92. The van der Waals surface area contributed by atoms with E-state index >= 15 is 0 Å². The summed E-state index contributed by atoms with van der Waals surface area (Å²) < 4.78 is 0. The highest BCUT2D eigenvalue weighted by molar-refractivity contribution is 5.78. The summed E-state index contributed by atoms with van der Waals surface area (Å²) in [7, 11) is 0. The molecule has 1 saturated heterocycles. The van der Waals surface area contributed by atoms with Crippen LogP contribution in [-0.4, -0.2) is 50.1 Å². The van der Waals surface area contributed by atoms with Gasteiger partial charge >= 0.3 is 0 Å². The van der Waals surface area contributed by atoms with Gasteiger partial charge in [-0.3, -0.25) is 9.69 Å². The zero-order chi connectivity index (χ0) is 16.7. The number of likely N-dealkylation sites (N-methyl/N-ethyl adjacent to an activating group) is 1. The van der Waals surface area contributed by atoms with Crippen molar-refractivity contribution < 1.29 is 4.79 Å². The molecule has 0 bridgehead atoms. The van der Waals surface area contributed by atoms with E-state index < -0.39 is 0 Å². The van der Waals surface area contributed by atoms with Gasteiger partial charge in [0, 0.05) is 32.7 Å². The molecular formula is C17H21N5O. The van der Waals surface area contributed by atoms with Crippen LogP contribution >= 0.6 is 0 Å². The number of hydrogen-bond acceptors (Lipinski definition) is 5. The van der Waals surface area contributed by atoms with Gasteiger partial charge in [-0.1, -0.05) is 6.07 Å². The zero-order valence-corrected chi connectivity index (χ0v) is 13.4. The maximum absolute atomic E-state index is 11.7. The number of hydrogen-bond donors (Lipinski definition) is 1. The molecule has 0 radical (unpaired) electrons. The molecule has 6 nitrogen and oxygen atoms in total. The smallest absolute Gasteiger partial charge is 0.234 e. The molecule has 1 aromatic carbocycles. The summed E-state index contributed by atoms with van der Waals surface area (Å²) in [4.78, 5) is 15.9. The maximum atomic E-state index is 11.7. The molecule has 120 valence electrons. The van der Waals surface area contributed by atoms with E-state index in [1.165, 1.54) is 0 Å². The standard InChI is InChI=1S/C17H21N5O/c1-2-20-16(23)13-21-7-4-8-22(10-9-21)17-14(11-18)5-3-6-15(17)12-19/h3,5-6H,2,4,7-10,13H2,1H3,(H,20,23). The number of amides is 1. The van der Waals surface area contributed by atoms with Gasteiger partial charge in [0.15, 0.2) is 0 Å². The van der Waals surface area contributed by atoms with Crippen molar-refractivity contribution in [2.45, 2.75) is 13.3 Å². The maximum Gasteiger partial charge on any atom is 0.234 e. The monoisotopic (exact) mass is 311 g/mol. The Kier molecular flexibility index (Phi) is 5.96. The minimum absolute atomic E-state index is 0.0380. The lowest BCUT2D eigenvalue weighted by molar-refractivity contribution is -0.122. The first-order chi connectivity index (χ1) is 11.2. The number of benzene rings is 1. The number of nitrogens with one attached hydrogen (secondary N) is 1. The molecule has 1 aliphatic rings. The van der Waals surface area contributed by atoms with E-state index in [4.69, 9.17) is 0 Å². The fourth-order valence-electron chi connectivity index (χ4n) is 2.87. The number of para-hydroxylation sites is 1. The van der Waals surface area contributed by atoms with E-state index in [2.05, 4.69) is 27.3 Å². The number of nitrogens with zero attached hydrogens (tertiary/aromatic N) is 4. The molecule has 6 heteroatoms. The van der Waals surface area contributed by atoms with Crippen molar-refractivity contribution in [3.63, 3.8) is 0 Å². The van der Waals surface area contributed by atoms with Crippen molar-refractivity contribution in [2.24, 2.45) is 0 Å². The number of carbonyl (C=O) groups excluding carboxylic acids is 1. The molecule has 1 heterocycles. The minimum Gasteiger partial charge on any atom is -0.368 e. The van der Waals surface area contributed by atoms with Crippen molar-refractivity contribution in [3.05, 3.63) is 29.3 Å². The summed E-state index contributed by atoms with van der Waals surface area (Å²) in [5.41, 5.74) is 1.78. The first-order valence-electron chi connectivity index (χ1n) is 7.86. The van der Waals surface area contributed by atoms with Gasteiger partial charge in [-0.15, -0.1) is 0 Å². The third kappa shape index (κ3) is 4.21. The SMILES string of the molecule is CCNC(=O)CN1CCCN(c2c(C#N)cccc2C#N)CC1. The van der Waals surface area contributed by atoms with Crippen LogP contribution in [0.15, 0.2) is 18.2 Å². The first kappa shape index (κ1) is 16.8. The largest absolute Gasteiger partial charge is 0.368 e. The first-order valence-corrected chi connectivity index (χ1v) is 7.86. The zero-order valence-electron chi connectivity index (χ0n) is 13.4. The van der Waals surface area contributed by atoms with E-state index in [9.17, 15) is 15.3 Å². The van der Waals surface area contributed by atoms with Crippen molar-refractivity contribution in [1.29, 1.82) is 10.5 Å². The topological polar surface area (TPSA) is 83.2 Å². The normalized spacial score (nSPS) is 15.3. The van der Waals surface area contributed by atoms with Gasteiger partial charge in [-0.25, -0.2) is 0 Å². The third-order valence-electron chi connectivity index (χ3n) is 3.92. The average molecular weight is 311 g/mol. The highest BCUT2D eigenvalue weighted by Crippen LogP contribution is 2.25. The van der Waals surface area contributed by atoms with Crippen LogP contribution in [0.5, 0.6) is 0 Å². The minimum atomic E-state index is 0.0380. The fraction of sp³-hybridized carbons (Fsp3) is 0.471. The lowest BCUT2D eigenvalue weighted by Gasteiger charge is -2.25. The molecule has 2 rings (SSSR count). The Hall–Kier alpha value is -2.57. The van der Waals surface area contributed by atoms with Crippen molar-refractivity contribution in [1.82, 2.24) is 10.2 Å².